The lowest BCUT2D eigenvalue weighted by Gasteiger charge is -2.58. The Balaban J connectivity index is 0.00000109. The first kappa shape index (κ1) is 29.9. The van der Waals surface area contributed by atoms with E-state index in [0.29, 0.717) is 11.6 Å². The van der Waals surface area contributed by atoms with Gasteiger partial charge in [-0.25, -0.2) is 4.79 Å². The van der Waals surface area contributed by atoms with Crippen molar-refractivity contribution in [2.45, 2.75) is 104 Å². The van der Waals surface area contributed by atoms with Crippen LogP contribution in [0.4, 0.5) is 4.79 Å². The molecule has 0 N–H and O–H groups in total. The Labute approximate surface area is 222 Å². The number of piperazine rings is 1. The van der Waals surface area contributed by atoms with E-state index in [1.165, 1.54) is 11.3 Å². The molecule has 1 aromatic carbocycles. The van der Waals surface area contributed by atoms with Gasteiger partial charge in [0.15, 0.2) is 5.54 Å². The van der Waals surface area contributed by atoms with Crippen LogP contribution in [0.1, 0.15) is 86.1 Å². The minimum absolute atomic E-state index is 0.0437. The maximum atomic E-state index is 13.8. The SMILES string of the molecule is CC.CC.CC(C)(C)OC(=O)N1CC2(C1)C(=O)N(C1CCCCC1)CC(=O)N2Cc1ccc(Cl)cc1. The van der Waals surface area contributed by atoms with Crippen LogP contribution in [0.15, 0.2) is 24.3 Å². The van der Waals surface area contributed by atoms with Gasteiger partial charge in [-0.3, -0.25) is 9.59 Å². The van der Waals surface area contributed by atoms with E-state index in [1.54, 1.807) is 21.9 Å². The highest BCUT2D eigenvalue weighted by Crippen LogP contribution is 2.38. The van der Waals surface area contributed by atoms with Gasteiger partial charge in [0.25, 0.3) is 5.91 Å². The number of nitrogens with zero attached hydrogens (tertiary/aromatic N) is 3. The van der Waals surface area contributed by atoms with E-state index in [2.05, 4.69) is 0 Å². The van der Waals surface area contributed by atoms with Gasteiger partial charge >= 0.3 is 6.09 Å². The van der Waals surface area contributed by atoms with Crippen LogP contribution in [0.3, 0.4) is 0 Å². The second-order valence-electron chi connectivity index (χ2n) is 10.2. The number of carbonyl (C=O) groups excluding carboxylic acids is 3. The molecule has 2 heterocycles. The van der Waals surface area contributed by atoms with Crippen molar-refractivity contribution in [2.24, 2.45) is 0 Å². The predicted octanol–water partition coefficient (Wildman–Crippen LogP) is 5.89. The van der Waals surface area contributed by atoms with Crippen molar-refractivity contribution < 1.29 is 19.1 Å². The van der Waals surface area contributed by atoms with Crippen molar-refractivity contribution in [1.29, 1.82) is 0 Å². The second kappa shape index (κ2) is 12.8. The molecule has 1 spiro atoms. The summed E-state index contributed by atoms with van der Waals surface area (Å²) in [5.74, 6) is -0.119. The first-order valence-corrected chi connectivity index (χ1v) is 13.8. The number of halogens is 1. The summed E-state index contributed by atoms with van der Waals surface area (Å²) in [6, 6.07) is 7.39. The standard InChI is InChI=1S/C24H32ClN3O4.2C2H6/c1-23(2,3)32-22(31)26-15-24(16-26)21(30)27(19-7-5-4-6-8-19)14-20(29)28(24)13-17-9-11-18(25)12-10-17;2*1-2/h9-12,19H,4-8,13-16H2,1-3H3;2*1-2H3. The molecule has 1 aliphatic carbocycles. The molecule has 0 bridgehead atoms. The molecule has 1 saturated carbocycles. The zero-order valence-electron chi connectivity index (χ0n) is 23.1. The fourth-order valence-electron chi connectivity index (χ4n) is 4.97. The molecular formula is C28H44ClN3O4. The van der Waals surface area contributed by atoms with Crippen molar-refractivity contribution in [3.8, 4) is 0 Å². The monoisotopic (exact) mass is 521 g/mol. The van der Waals surface area contributed by atoms with Crippen LogP contribution >= 0.6 is 11.6 Å². The van der Waals surface area contributed by atoms with Gasteiger partial charge in [0, 0.05) is 17.6 Å². The highest BCUT2D eigenvalue weighted by molar-refractivity contribution is 6.30. The molecule has 8 heteroatoms. The number of likely N-dealkylation sites (tertiary alicyclic amines) is 1. The van der Waals surface area contributed by atoms with Gasteiger partial charge in [-0.15, -0.1) is 0 Å². The maximum absolute atomic E-state index is 13.8. The molecule has 2 saturated heterocycles. The van der Waals surface area contributed by atoms with Crippen molar-refractivity contribution in [2.75, 3.05) is 19.6 Å². The molecule has 0 radical (unpaired) electrons. The van der Waals surface area contributed by atoms with E-state index in [0.717, 1.165) is 31.2 Å². The first-order valence-electron chi connectivity index (χ1n) is 13.4. The first-order chi connectivity index (χ1) is 17.1. The summed E-state index contributed by atoms with van der Waals surface area (Å²) in [5.41, 5.74) is -0.760. The minimum Gasteiger partial charge on any atom is -0.444 e. The van der Waals surface area contributed by atoms with Gasteiger partial charge in [0.2, 0.25) is 5.91 Å². The van der Waals surface area contributed by atoms with E-state index in [-0.39, 0.29) is 37.5 Å². The Morgan fingerprint density at radius 2 is 1.56 bits per heavy atom. The third-order valence-corrected chi connectivity index (χ3v) is 6.86. The number of benzene rings is 1. The lowest BCUT2D eigenvalue weighted by Crippen LogP contribution is -2.81. The molecule has 4 rings (SSSR count). The van der Waals surface area contributed by atoms with Gasteiger partial charge in [0.1, 0.15) is 12.1 Å². The maximum Gasteiger partial charge on any atom is 0.410 e. The van der Waals surface area contributed by atoms with Crippen molar-refractivity contribution in [1.82, 2.24) is 14.7 Å². The zero-order chi connectivity index (χ0) is 27.1. The van der Waals surface area contributed by atoms with E-state index in [4.69, 9.17) is 16.3 Å². The van der Waals surface area contributed by atoms with Crippen molar-refractivity contribution in [3.05, 3.63) is 34.9 Å². The number of ether oxygens (including phenoxy) is 1. The van der Waals surface area contributed by atoms with Crippen molar-refractivity contribution in [3.63, 3.8) is 0 Å². The summed E-state index contributed by atoms with van der Waals surface area (Å²) in [6.45, 7) is 14.2. The van der Waals surface area contributed by atoms with Crippen LogP contribution in [-0.2, 0) is 20.9 Å². The van der Waals surface area contributed by atoms with Crippen LogP contribution in [0.2, 0.25) is 5.02 Å². The van der Waals surface area contributed by atoms with Crippen LogP contribution in [-0.4, -0.2) is 69.4 Å². The molecular weight excluding hydrogens is 478 g/mol. The highest BCUT2D eigenvalue weighted by atomic mass is 35.5. The number of amides is 3. The van der Waals surface area contributed by atoms with Gasteiger partial charge < -0.3 is 19.4 Å². The normalized spacial score (nSPS) is 19.6. The molecule has 1 aromatic rings. The smallest absolute Gasteiger partial charge is 0.410 e. The highest BCUT2D eigenvalue weighted by Gasteiger charge is 2.61. The molecule has 36 heavy (non-hydrogen) atoms. The van der Waals surface area contributed by atoms with Gasteiger partial charge in [-0.05, 0) is 51.3 Å². The van der Waals surface area contributed by atoms with E-state index in [9.17, 15) is 14.4 Å². The molecule has 0 aromatic heterocycles. The van der Waals surface area contributed by atoms with Crippen LogP contribution in [0.5, 0.6) is 0 Å². The van der Waals surface area contributed by atoms with Gasteiger partial charge in [-0.2, -0.15) is 0 Å². The van der Waals surface area contributed by atoms with Crippen LogP contribution in [0, 0.1) is 0 Å². The van der Waals surface area contributed by atoms with Gasteiger partial charge in [0.05, 0.1) is 13.1 Å². The van der Waals surface area contributed by atoms with Crippen LogP contribution in [0.25, 0.3) is 0 Å². The largest absolute Gasteiger partial charge is 0.444 e. The molecule has 0 unspecified atom stereocenters. The molecule has 3 aliphatic rings. The van der Waals surface area contributed by atoms with Crippen molar-refractivity contribution >= 4 is 29.5 Å². The van der Waals surface area contributed by atoms with E-state index >= 15 is 0 Å². The fraction of sp³-hybridized carbons (Fsp3) is 0.679. The number of hydrogen-bond donors (Lipinski definition) is 0. The Morgan fingerprint density at radius 1 is 1.00 bits per heavy atom. The number of rotatable bonds is 3. The average molecular weight is 522 g/mol. The van der Waals surface area contributed by atoms with E-state index < -0.39 is 17.2 Å². The number of carbonyl (C=O) groups is 3. The van der Waals surface area contributed by atoms with Gasteiger partial charge in [-0.1, -0.05) is 70.7 Å². The molecule has 202 valence electrons. The number of hydrogen-bond acceptors (Lipinski definition) is 4. The second-order valence-corrected chi connectivity index (χ2v) is 10.6. The Morgan fingerprint density at radius 3 is 2.08 bits per heavy atom. The third-order valence-electron chi connectivity index (χ3n) is 6.61. The minimum atomic E-state index is -1.04. The molecule has 3 fully saturated rings. The zero-order valence-corrected chi connectivity index (χ0v) is 23.9. The lowest BCUT2D eigenvalue weighted by atomic mass is 9.82. The molecule has 0 atom stereocenters. The summed E-state index contributed by atoms with van der Waals surface area (Å²) in [4.78, 5) is 44.7. The Hall–Kier alpha value is -2.28. The Bertz CT molecular complexity index is 885. The van der Waals surface area contributed by atoms with Crippen LogP contribution < -0.4 is 0 Å². The molecule has 7 nitrogen and oxygen atoms in total. The predicted molar refractivity (Wildman–Crippen MR) is 144 cm³/mol. The third kappa shape index (κ3) is 6.72. The lowest BCUT2D eigenvalue weighted by molar-refractivity contribution is -0.181. The summed E-state index contributed by atoms with van der Waals surface area (Å²) >= 11 is 6.01. The average Bonchev–Trinajstić information content (AvgIpc) is 2.83. The quantitative estimate of drug-likeness (QED) is 0.497. The molecule has 3 amide bonds. The summed E-state index contributed by atoms with van der Waals surface area (Å²) in [6.07, 6.45) is 4.74. The van der Waals surface area contributed by atoms with E-state index in [1.807, 2.05) is 60.6 Å². The fourth-order valence-corrected chi connectivity index (χ4v) is 5.10. The topological polar surface area (TPSA) is 70.2 Å². The summed E-state index contributed by atoms with van der Waals surface area (Å²) in [5, 5.41) is 0.618. The summed E-state index contributed by atoms with van der Waals surface area (Å²) < 4.78 is 5.49. The Kier molecular flexibility index (Phi) is 10.6. The molecule has 2 aliphatic heterocycles. The summed E-state index contributed by atoms with van der Waals surface area (Å²) in [7, 11) is 0.